The van der Waals surface area contributed by atoms with Gasteiger partial charge in [-0.1, -0.05) is 12.5 Å². The fourth-order valence-corrected chi connectivity index (χ4v) is 4.86. The molecule has 1 aliphatic heterocycles. The fraction of sp³-hybridized carbons (Fsp3) is 0.346. The number of fused-ring (bicyclic) bond motifs is 1. The number of nitrogens with one attached hydrogen (secondary N) is 2. The zero-order chi connectivity index (χ0) is 25.9. The van der Waals surface area contributed by atoms with Crippen molar-refractivity contribution in [1.82, 2.24) is 14.3 Å². The molecule has 36 heavy (non-hydrogen) atoms. The molecule has 3 aromatic rings. The summed E-state index contributed by atoms with van der Waals surface area (Å²) in [6.45, 7) is 5.43. The number of anilines is 2. The molecule has 2 aromatic heterocycles. The number of pyridine rings is 1. The molecule has 10 heteroatoms. The van der Waals surface area contributed by atoms with Gasteiger partial charge in [0.25, 0.3) is 0 Å². The number of sulfone groups is 1. The molecule has 0 spiro atoms. The number of nitrogens with zero attached hydrogens (tertiary/aromatic N) is 3. The van der Waals surface area contributed by atoms with Crippen LogP contribution in [0.3, 0.4) is 0 Å². The summed E-state index contributed by atoms with van der Waals surface area (Å²) in [4.78, 5) is 6.88. The Bertz CT molecular complexity index is 1440. The van der Waals surface area contributed by atoms with Crippen LogP contribution in [0.15, 0.2) is 48.0 Å². The predicted molar refractivity (Wildman–Crippen MR) is 141 cm³/mol. The first-order valence-electron chi connectivity index (χ1n) is 11.5. The lowest BCUT2D eigenvalue weighted by Crippen LogP contribution is -2.46. The van der Waals surface area contributed by atoms with E-state index >= 15 is 0 Å². The Labute approximate surface area is 211 Å². The summed E-state index contributed by atoms with van der Waals surface area (Å²) in [6.07, 6.45) is 4.47. The molecule has 1 aromatic carbocycles. The molecule has 4 rings (SSSR count). The van der Waals surface area contributed by atoms with Crippen LogP contribution in [0.25, 0.3) is 11.7 Å². The first-order valence-corrected chi connectivity index (χ1v) is 13.4. The zero-order valence-electron chi connectivity index (χ0n) is 20.6. The molecule has 1 aliphatic rings. The van der Waals surface area contributed by atoms with Gasteiger partial charge in [0.2, 0.25) is 0 Å². The van der Waals surface area contributed by atoms with Crippen LogP contribution in [-0.2, 0) is 9.84 Å². The average molecular weight is 512 g/mol. The summed E-state index contributed by atoms with van der Waals surface area (Å²) in [5, 5.41) is 6.49. The van der Waals surface area contributed by atoms with Crippen molar-refractivity contribution in [2.24, 2.45) is 0 Å². The van der Waals surface area contributed by atoms with Crippen LogP contribution < -0.4 is 15.4 Å². The van der Waals surface area contributed by atoms with Crippen LogP contribution in [0.5, 0.6) is 5.75 Å². The van der Waals surface area contributed by atoms with E-state index in [4.69, 9.17) is 9.72 Å². The van der Waals surface area contributed by atoms with E-state index in [0.717, 1.165) is 24.2 Å². The highest BCUT2D eigenvalue weighted by Crippen LogP contribution is 2.28. The van der Waals surface area contributed by atoms with Gasteiger partial charge in [0.15, 0.2) is 15.5 Å². The highest BCUT2D eigenvalue weighted by atomic mass is 32.2. The Balaban J connectivity index is 1.54. The second-order valence-corrected chi connectivity index (χ2v) is 10.8. The number of benzene rings is 1. The zero-order valence-corrected chi connectivity index (χ0v) is 21.4. The van der Waals surface area contributed by atoms with Crippen molar-refractivity contribution >= 4 is 32.9 Å². The van der Waals surface area contributed by atoms with E-state index in [-0.39, 0.29) is 17.5 Å². The molecule has 1 saturated heterocycles. The quantitative estimate of drug-likeness (QED) is 0.471. The first-order chi connectivity index (χ1) is 17.2. The largest absolute Gasteiger partial charge is 0.495 e. The van der Waals surface area contributed by atoms with E-state index in [1.54, 1.807) is 12.1 Å². The molecule has 190 valence electrons. The van der Waals surface area contributed by atoms with Gasteiger partial charge in [-0.25, -0.2) is 17.8 Å². The minimum absolute atomic E-state index is 0.181. The normalized spacial score (nSPS) is 18.3. The number of hydrogen-bond acceptors (Lipinski definition) is 7. The van der Waals surface area contributed by atoms with E-state index in [1.165, 1.54) is 19.2 Å². The second kappa shape index (κ2) is 10.6. The summed E-state index contributed by atoms with van der Waals surface area (Å²) < 4.78 is 45.4. The van der Waals surface area contributed by atoms with Crippen molar-refractivity contribution in [2.45, 2.75) is 23.5 Å². The number of hydrogen-bond donors (Lipinski definition) is 2. The predicted octanol–water partition coefficient (Wildman–Crippen LogP) is 3.31. The van der Waals surface area contributed by atoms with E-state index < -0.39 is 16.0 Å². The number of methoxy groups -OCH3 is 1. The lowest BCUT2D eigenvalue weighted by Gasteiger charge is -2.33. The lowest BCUT2D eigenvalue weighted by molar-refractivity contribution is 0.149. The number of likely N-dealkylation sites (tertiary alicyclic amines) is 1. The summed E-state index contributed by atoms with van der Waals surface area (Å²) >= 11 is 0. The van der Waals surface area contributed by atoms with Gasteiger partial charge in [-0.3, -0.25) is 4.40 Å². The molecule has 0 radical (unpaired) electrons. The fourth-order valence-electron chi connectivity index (χ4n) is 4.22. The molecule has 3 heterocycles. The highest BCUT2D eigenvalue weighted by Gasteiger charge is 2.28. The maximum absolute atomic E-state index is 14.6. The number of imidazole rings is 1. The Kier molecular flexibility index (Phi) is 7.52. The SMILES string of the molecule is C=Cc1c(C#CCNc2ccc(S(C)(=O)=O)cc2OC)nc2c(N[C@@H]3CCN(C)C[C@@H]3F)cccn12. The van der Waals surface area contributed by atoms with Crippen LogP contribution in [0.4, 0.5) is 15.8 Å². The van der Waals surface area contributed by atoms with Gasteiger partial charge in [0, 0.05) is 31.6 Å². The molecule has 0 aliphatic carbocycles. The number of rotatable bonds is 7. The molecule has 1 fully saturated rings. The Morgan fingerprint density at radius 3 is 2.83 bits per heavy atom. The van der Waals surface area contributed by atoms with Gasteiger partial charge in [-0.2, -0.15) is 0 Å². The Hall–Kier alpha value is -3.55. The van der Waals surface area contributed by atoms with Crippen LogP contribution in [-0.4, -0.2) is 75.0 Å². The number of ether oxygens (including phenoxy) is 1. The van der Waals surface area contributed by atoms with Gasteiger partial charge in [-0.05, 0) is 49.7 Å². The molecule has 0 unspecified atom stereocenters. The minimum atomic E-state index is -3.34. The average Bonchev–Trinajstić information content (AvgIpc) is 3.21. The number of halogens is 1. The van der Waals surface area contributed by atoms with E-state index in [9.17, 15) is 12.8 Å². The number of piperidine rings is 1. The maximum atomic E-state index is 14.6. The molecule has 0 bridgehead atoms. The topological polar surface area (TPSA) is 88.0 Å². The van der Waals surface area contributed by atoms with Gasteiger partial charge in [0.05, 0.1) is 41.7 Å². The van der Waals surface area contributed by atoms with Gasteiger partial charge in [-0.15, -0.1) is 0 Å². The monoisotopic (exact) mass is 511 g/mol. The molecule has 2 atom stereocenters. The van der Waals surface area contributed by atoms with Gasteiger partial charge < -0.3 is 20.3 Å². The molecular weight excluding hydrogens is 481 g/mol. The Morgan fingerprint density at radius 1 is 1.33 bits per heavy atom. The first kappa shape index (κ1) is 25.5. The number of aromatic nitrogens is 2. The second-order valence-electron chi connectivity index (χ2n) is 8.77. The highest BCUT2D eigenvalue weighted by molar-refractivity contribution is 7.90. The van der Waals surface area contributed by atoms with Crippen LogP contribution in [0.1, 0.15) is 17.8 Å². The number of alkyl halides is 1. The van der Waals surface area contributed by atoms with Gasteiger partial charge in [0.1, 0.15) is 17.6 Å². The molecule has 2 N–H and O–H groups in total. The summed E-state index contributed by atoms with van der Waals surface area (Å²) in [7, 11) is 0.0690. The summed E-state index contributed by atoms with van der Waals surface area (Å²) in [6, 6.07) is 8.15. The maximum Gasteiger partial charge on any atom is 0.175 e. The molecule has 8 nitrogen and oxygen atoms in total. The lowest BCUT2D eigenvalue weighted by atomic mass is 10.0. The van der Waals surface area contributed by atoms with Crippen molar-refractivity contribution < 1.29 is 17.5 Å². The smallest absolute Gasteiger partial charge is 0.175 e. The van der Waals surface area contributed by atoms with Crippen LogP contribution in [0, 0.1) is 11.8 Å². The van der Waals surface area contributed by atoms with Crippen molar-refractivity contribution in [3.05, 3.63) is 54.5 Å². The standard InChI is InChI=1S/C26H30FN5O3S/c1-5-24-21(8-6-13-28-22-11-10-18(36(4,33)34)16-25(22)35-3)30-26-23(9-7-14-32(24)26)29-20-12-15-31(2)17-19(20)27/h5,7,9-11,14,16,19-20,28-29H,1,12-13,15,17H2,2-4H3/t19-,20+/m0/s1. The summed E-state index contributed by atoms with van der Waals surface area (Å²) in [5.74, 6) is 6.54. The van der Waals surface area contributed by atoms with Crippen molar-refractivity contribution in [3.63, 3.8) is 0 Å². The third kappa shape index (κ3) is 5.48. The van der Waals surface area contributed by atoms with Crippen LogP contribution >= 0.6 is 0 Å². The van der Waals surface area contributed by atoms with Crippen molar-refractivity contribution in [2.75, 3.05) is 50.7 Å². The summed E-state index contributed by atoms with van der Waals surface area (Å²) in [5.41, 5.74) is 3.34. The van der Waals surface area contributed by atoms with Crippen molar-refractivity contribution in [1.29, 1.82) is 0 Å². The molecule has 0 saturated carbocycles. The minimum Gasteiger partial charge on any atom is -0.495 e. The Morgan fingerprint density at radius 2 is 2.14 bits per heavy atom. The van der Waals surface area contributed by atoms with Crippen molar-refractivity contribution in [3.8, 4) is 17.6 Å². The molecule has 0 amide bonds. The van der Waals surface area contributed by atoms with Gasteiger partial charge >= 0.3 is 0 Å². The van der Waals surface area contributed by atoms with Crippen LogP contribution in [0.2, 0.25) is 0 Å². The third-order valence-electron chi connectivity index (χ3n) is 6.14. The van der Waals surface area contributed by atoms with E-state index in [0.29, 0.717) is 35.7 Å². The molecular formula is C26H30FN5O3S. The third-order valence-corrected chi connectivity index (χ3v) is 7.25. The van der Waals surface area contributed by atoms with E-state index in [1.807, 2.05) is 34.7 Å². The van der Waals surface area contributed by atoms with E-state index in [2.05, 4.69) is 29.1 Å².